The van der Waals surface area contributed by atoms with Crippen LogP contribution in [0.4, 0.5) is 0 Å². The van der Waals surface area contributed by atoms with Crippen molar-refractivity contribution in [2.24, 2.45) is 5.41 Å². The molecule has 0 heterocycles. The van der Waals surface area contributed by atoms with Crippen molar-refractivity contribution >= 4 is 13.4 Å². The van der Waals surface area contributed by atoms with Crippen LogP contribution >= 0.6 is 0 Å². The summed E-state index contributed by atoms with van der Waals surface area (Å²) < 4.78 is 0. The molecule has 1 aromatic rings. The summed E-state index contributed by atoms with van der Waals surface area (Å²) in [6.07, 6.45) is 3.63. The maximum atomic E-state index is 3.97. The smallest absolute Gasteiger partial charge is 0.152 e. The molecule has 0 spiro atoms. The van der Waals surface area contributed by atoms with Gasteiger partial charge in [-0.2, -0.15) is 0 Å². The van der Waals surface area contributed by atoms with Gasteiger partial charge in [-0.15, -0.1) is 0 Å². The summed E-state index contributed by atoms with van der Waals surface area (Å²) in [6.45, 7) is 19.0. The fraction of sp³-hybridized carbons (Fsp3) is 0.619. The Balaban J connectivity index is 2.03. The molecule has 0 saturated heterocycles. The molecule has 1 nitrogen and oxygen atoms in total. The lowest BCUT2D eigenvalue weighted by Gasteiger charge is -2.35. The van der Waals surface area contributed by atoms with Crippen molar-refractivity contribution in [3.05, 3.63) is 40.0 Å². The van der Waals surface area contributed by atoms with Crippen molar-refractivity contribution in [3.63, 3.8) is 0 Å². The van der Waals surface area contributed by atoms with Crippen molar-refractivity contribution in [1.82, 2.24) is 4.98 Å². The molecule has 0 atom stereocenters. The van der Waals surface area contributed by atoms with E-state index in [9.17, 15) is 0 Å². The van der Waals surface area contributed by atoms with Crippen LogP contribution in [0.5, 0.6) is 0 Å². The number of fused-ring (bicyclic) bond motifs is 2. The minimum absolute atomic E-state index is 0.171. The zero-order valence-corrected chi connectivity index (χ0v) is 17.3. The molecule has 1 aromatic carbocycles. The normalized spacial score (nSPS) is 20.0. The lowest BCUT2D eigenvalue weighted by atomic mass is 9.90. The van der Waals surface area contributed by atoms with E-state index >= 15 is 0 Å². The fourth-order valence-electron chi connectivity index (χ4n) is 5.02. The van der Waals surface area contributed by atoms with Crippen LogP contribution in [0, 0.1) is 5.41 Å². The maximum Gasteiger partial charge on any atom is 0.152 e. The zero-order chi connectivity index (χ0) is 17.2. The minimum Gasteiger partial charge on any atom is -0.329 e. The molecule has 3 rings (SSSR count). The number of benzene rings is 1. The lowest BCUT2D eigenvalue weighted by molar-refractivity contribution is 0.392. The third kappa shape index (κ3) is 3.21. The summed E-state index contributed by atoms with van der Waals surface area (Å²) >= 11 is 0. The van der Waals surface area contributed by atoms with Crippen molar-refractivity contribution in [2.75, 3.05) is 0 Å². The van der Waals surface area contributed by atoms with Crippen molar-refractivity contribution in [3.8, 4) is 0 Å². The number of nitrogens with one attached hydrogen (secondary N) is 1. The molecule has 2 aliphatic carbocycles. The first-order chi connectivity index (χ1) is 10.4. The second-order valence-corrected chi connectivity index (χ2v) is 14.1. The van der Waals surface area contributed by atoms with Gasteiger partial charge in [0.2, 0.25) is 0 Å². The molecule has 0 amide bonds. The Labute approximate surface area is 143 Å². The Morgan fingerprint density at radius 2 is 1.57 bits per heavy atom. The van der Waals surface area contributed by atoms with Gasteiger partial charge in [-0.1, -0.05) is 44.6 Å². The maximum absolute atomic E-state index is 3.97. The molecule has 126 valence electrons. The van der Waals surface area contributed by atoms with Crippen LogP contribution in [0.1, 0.15) is 63.8 Å². The summed E-state index contributed by atoms with van der Waals surface area (Å²) in [5.41, 5.74) is 8.54. The zero-order valence-electron chi connectivity index (χ0n) is 16.3. The number of rotatable bonds is 2. The van der Waals surface area contributed by atoms with Crippen molar-refractivity contribution in [2.45, 2.75) is 79.4 Å². The van der Waals surface area contributed by atoms with Crippen LogP contribution in [0.3, 0.4) is 0 Å². The summed E-state index contributed by atoms with van der Waals surface area (Å²) in [7, 11) is -1.66. The number of allylic oxidation sites excluding steroid dienone is 1. The first kappa shape index (κ1) is 17.0. The third-order valence-corrected chi connectivity index (χ3v) is 8.55. The molecule has 2 aliphatic rings. The van der Waals surface area contributed by atoms with Gasteiger partial charge in [0.25, 0.3) is 0 Å². The van der Waals surface area contributed by atoms with Gasteiger partial charge in [0.15, 0.2) is 8.24 Å². The van der Waals surface area contributed by atoms with Gasteiger partial charge >= 0.3 is 0 Å². The van der Waals surface area contributed by atoms with E-state index in [-0.39, 0.29) is 5.54 Å². The average Bonchev–Trinajstić information content (AvgIpc) is 2.75. The summed E-state index contributed by atoms with van der Waals surface area (Å²) in [5, 5.41) is 1.66. The molecule has 0 saturated carbocycles. The quantitative estimate of drug-likeness (QED) is 0.729. The molecular formula is C21H33NSi. The highest BCUT2D eigenvalue weighted by Crippen LogP contribution is 2.44. The predicted octanol–water partition coefficient (Wildman–Crippen LogP) is 5.27. The molecule has 1 N–H and O–H groups in total. The van der Waals surface area contributed by atoms with Crippen LogP contribution in [-0.4, -0.2) is 13.8 Å². The fourth-order valence-corrected chi connectivity index (χ4v) is 9.08. The molecule has 0 radical (unpaired) electrons. The Bertz CT molecular complexity index is 687. The van der Waals surface area contributed by atoms with E-state index in [0.29, 0.717) is 5.41 Å². The highest BCUT2D eigenvalue weighted by molar-refractivity contribution is 6.93. The number of hydrogen-bond acceptors (Lipinski definition) is 1. The van der Waals surface area contributed by atoms with Gasteiger partial charge < -0.3 is 4.98 Å². The van der Waals surface area contributed by atoms with Crippen molar-refractivity contribution < 1.29 is 0 Å². The average molecular weight is 328 g/mol. The second-order valence-electron chi connectivity index (χ2n) is 10.1. The summed E-state index contributed by atoms with van der Waals surface area (Å²) in [5.74, 6) is 0. The summed E-state index contributed by atoms with van der Waals surface area (Å²) in [6, 6.07) is 5.07. The SMILES string of the molecule is CC1=C([Si](C)(C)NC(C)(C)C)c2cc3c(cc2C1)CC(C)(C)C3. The highest BCUT2D eigenvalue weighted by Gasteiger charge is 2.38. The highest BCUT2D eigenvalue weighted by atomic mass is 28.3. The second kappa shape index (κ2) is 5.06. The Hall–Kier alpha value is -0.863. The third-order valence-electron chi connectivity index (χ3n) is 5.23. The summed E-state index contributed by atoms with van der Waals surface area (Å²) in [4.78, 5) is 3.97. The van der Waals surface area contributed by atoms with Gasteiger partial charge in [0, 0.05) is 5.54 Å². The minimum atomic E-state index is -1.66. The number of hydrogen-bond donors (Lipinski definition) is 1. The van der Waals surface area contributed by atoms with E-state index in [1.165, 1.54) is 12.8 Å². The molecular weight excluding hydrogens is 294 g/mol. The van der Waals surface area contributed by atoms with Crippen LogP contribution in [0.2, 0.25) is 13.1 Å². The van der Waals surface area contributed by atoms with E-state index in [0.717, 1.165) is 6.42 Å². The Morgan fingerprint density at radius 1 is 1.00 bits per heavy atom. The monoisotopic (exact) mass is 327 g/mol. The largest absolute Gasteiger partial charge is 0.329 e. The van der Waals surface area contributed by atoms with Crippen LogP contribution in [0.15, 0.2) is 17.7 Å². The first-order valence-corrected chi connectivity index (χ1v) is 12.0. The molecule has 0 unspecified atom stereocenters. The molecule has 0 bridgehead atoms. The lowest BCUT2D eigenvalue weighted by Crippen LogP contribution is -2.55. The van der Waals surface area contributed by atoms with Crippen molar-refractivity contribution in [1.29, 1.82) is 0 Å². The topological polar surface area (TPSA) is 12.0 Å². The molecule has 23 heavy (non-hydrogen) atoms. The van der Waals surface area contributed by atoms with Gasteiger partial charge in [-0.3, -0.25) is 0 Å². The van der Waals surface area contributed by atoms with E-state index in [1.54, 1.807) is 33.0 Å². The van der Waals surface area contributed by atoms with Crippen LogP contribution in [-0.2, 0) is 19.3 Å². The molecule has 0 fully saturated rings. The molecule has 2 heteroatoms. The Kier molecular flexibility index (Phi) is 3.74. The Morgan fingerprint density at radius 3 is 2.13 bits per heavy atom. The van der Waals surface area contributed by atoms with Gasteiger partial charge in [-0.05, 0) is 79.8 Å². The van der Waals surface area contributed by atoms with Crippen LogP contribution < -0.4 is 4.98 Å². The molecule has 0 aliphatic heterocycles. The van der Waals surface area contributed by atoms with Crippen LogP contribution in [0.25, 0.3) is 5.20 Å². The van der Waals surface area contributed by atoms with E-state index in [1.807, 2.05) is 0 Å². The van der Waals surface area contributed by atoms with Gasteiger partial charge in [-0.25, -0.2) is 0 Å². The first-order valence-electron chi connectivity index (χ1n) is 9.03. The van der Waals surface area contributed by atoms with E-state index < -0.39 is 8.24 Å². The predicted molar refractivity (Wildman–Crippen MR) is 104 cm³/mol. The van der Waals surface area contributed by atoms with E-state index in [4.69, 9.17) is 0 Å². The molecule has 0 aromatic heterocycles. The van der Waals surface area contributed by atoms with Gasteiger partial charge in [0.1, 0.15) is 0 Å². The van der Waals surface area contributed by atoms with E-state index in [2.05, 4.69) is 71.8 Å². The van der Waals surface area contributed by atoms with Gasteiger partial charge in [0.05, 0.1) is 0 Å². The standard InChI is InChI=1S/C21H33NSi/c1-14-9-15-10-16-12-21(5,6)13-17(16)11-18(15)19(14)23(7,8)22-20(2,3)4/h10-11,22H,9,12-13H2,1-8H3.